The Labute approximate surface area is 418 Å². The van der Waals surface area contributed by atoms with Gasteiger partial charge in [-0.3, -0.25) is 14.2 Å². The van der Waals surface area contributed by atoms with Gasteiger partial charge in [-0.15, -0.1) is 0 Å². The minimum absolute atomic E-state index is 0.0380. The highest BCUT2D eigenvalue weighted by molar-refractivity contribution is 7.45. The first kappa shape index (κ1) is 65.2. The number of rotatable bonds is 49. The van der Waals surface area contributed by atoms with Crippen molar-refractivity contribution in [3.05, 3.63) is 85.1 Å². The van der Waals surface area contributed by atoms with Crippen molar-refractivity contribution >= 4 is 19.8 Å². The van der Waals surface area contributed by atoms with Gasteiger partial charge in [0.2, 0.25) is 0 Å². The lowest BCUT2D eigenvalue weighted by Gasteiger charge is -2.28. The standard InChI is InChI=1S/C58H102NO8P/c1-6-8-10-12-14-16-18-20-22-24-26-28-29-31-32-34-36-38-40-42-44-46-48-50-57(60)64-54-56(55-66-68(62,63)65-53-52-59(3,4)5)67-58(61)51-49-47-45-43-41-39-37-35-33-30-27-25-23-21-19-17-15-13-11-9-7-2/h9,11,15,17-18,20-21,23-24,26-27,29-31,56H,6-8,10,12-14,16,19,22,25,28,32-55H2,1-5H3/b11-9-,17-15-,20-18-,23-21-,26-24-,30-27-,31-29-. The second-order valence-electron chi connectivity index (χ2n) is 19.2. The Balaban J connectivity index is 4.26. The van der Waals surface area contributed by atoms with Gasteiger partial charge in [-0.2, -0.15) is 0 Å². The number of esters is 2. The van der Waals surface area contributed by atoms with Crippen molar-refractivity contribution in [1.29, 1.82) is 0 Å². The van der Waals surface area contributed by atoms with E-state index in [0.29, 0.717) is 17.4 Å². The molecule has 0 saturated carbocycles. The molecule has 0 aliphatic heterocycles. The lowest BCUT2D eigenvalue weighted by atomic mass is 10.1. The molecule has 9 nitrogen and oxygen atoms in total. The van der Waals surface area contributed by atoms with Gasteiger partial charge in [-0.05, 0) is 89.9 Å². The molecular formula is C58H102NO8P. The predicted octanol–water partition coefficient (Wildman–Crippen LogP) is 16.1. The Morgan fingerprint density at radius 2 is 0.838 bits per heavy atom. The molecular weight excluding hydrogens is 870 g/mol. The topological polar surface area (TPSA) is 111 Å². The quantitative estimate of drug-likeness (QED) is 0.0195. The van der Waals surface area contributed by atoms with Crippen molar-refractivity contribution in [2.45, 2.75) is 225 Å². The van der Waals surface area contributed by atoms with Crippen LogP contribution in [0.3, 0.4) is 0 Å². The molecule has 0 amide bonds. The van der Waals surface area contributed by atoms with Crippen LogP contribution < -0.4 is 4.89 Å². The van der Waals surface area contributed by atoms with Crippen molar-refractivity contribution in [3.8, 4) is 0 Å². The average molecular weight is 972 g/mol. The molecule has 0 N–H and O–H groups in total. The van der Waals surface area contributed by atoms with Crippen LogP contribution in [0.1, 0.15) is 219 Å². The fourth-order valence-corrected chi connectivity index (χ4v) is 7.91. The molecule has 0 saturated heterocycles. The number of carbonyl (C=O) groups excluding carboxylic acids is 2. The van der Waals surface area contributed by atoms with E-state index in [4.69, 9.17) is 18.5 Å². The van der Waals surface area contributed by atoms with E-state index in [2.05, 4.69) is 98.9 Å². The van der Waals surface area contributed by atoms with Crippen LogP contribution in [0, 0.1) is 0 Å². The molecule has 10 heteroatoms. The monoisotopic (exact) mass is 972 g/mol. The summed E-state index contributed by atoms with van der Waals surface area (Å²) in [4.78, 5) is 37.8. The smallest absolute Gasteiger partial charge is 0.306 e. The number of unbranched alkanes of at least 4 members (excludes halogenated alkanes) is 21. The summed E-state index contributed by atoms with van der Waals surface area (Å²) in [5.74, 6) is -0.854. The van der Waals surface area contributed by atoms with E-state index in [-0.39, 0.29) is 26.1 Å². The largest absolute Gasteiger partial charge is 0.756 e. The first-order valence-electron chi connectivity index (χ1n) is 27.3. The van der Waals surface area contributed by atoms with Crippen LogP contribution in [0.15, 0.2) is 85.1 Å². The molecule has 0 aromatic heterocycles. The van der Waals surface area contributed by atoms with Gasteiger partial charge >= 0.3 is 11.9 Å². The Bertz CT molecular complexity index is 1420. The van der Waals surface area contributed by atoms with E-state index in [1.54, 1.807) is 0 Å². The van der Waals surface area contributed by atoms with Gasteiger partial charge in [0.1, 0.15) is 19.8 Å². The molecule has 0 bridgehead atoms. The summed E-state index contributed by atoms with van der Waals surface area (Å²) in [7, 11) is 1.15. The van der Waals surface area contributed by atoms with Gasteiger partial charge in [0.15, 0.2) is 6.10 Å². The molecule has 0 spiro atoms. The maximum absolute atomic E-state index is 12.8. The maximum Gasteiger partial charge on any atom is 0.306 e. The molecule has 0 aliphatic carbocycles. The first-order valence-corrected chi connectivity index (χ1v) is 28.8. The zero-order valence-corrected chi connectivity index (χ0v) is 45.2. The summed E-state index contributed by atoms with van der Waals surface area (Å²) in [6.07, 6.45) is 64.7. The Kier molecular flexibility index (Phi) is 47.2. The van der Waals surface area contributed by atoms with E-state index in [9.17, 15) is 19.0 Å². The van der Waals surface area contributed by atoms with Crippen molar-refractivity contribution in [2.24, 2.45) is 0 Å². The summed E-state index contributed by atoms with van der Waals surface area (Å²) >= 11 is 0. The van der Waals surface area contributed by atoms with Crippen LogP contribution in [-0.2, 0) is 32.7 Å². The summed E-state index contributed by atoms with van der Waals surface area (Å²) in [6.45, 7) is 4.09. The number of nitrogens with zero attached hydrogens (tertiary/aromatic N) is 1. The predicted molar refractivity (Wildman–Crippen MR) is 286 cm³/mol. The second-order valence-corrected chi connectivity index (χ2v) is 20.6. The molecule has 0 radical (unpaired) electrons. The number of likely N-dealkylation sites (N-methyl/N-ethyl adjacent to an activating group) is 1. The first-order chi connectivity index (χ1) is 33.0. The van der Waals surface area contributed by atoms with Crippen molar-refractivity contribution < 1.29 is 42.1 Å². The number of allylic oxidation sites excluding steroid dienone is 14. The van der Waals surface area contributed by atoms with Crippen LogP contribution in [0.5, 0.6) is 0 Å². The van der Waals surface area contributed by atoms with Crippen LogP contribution in [0.2, 0.25) is 0 Å². The Morgan fingerprint density at radius 1 is 0.471 bits per heavy atom. The summed E-state index contributed by atoms with van der Waals surface area (Å²) in [5.41, 5.74) is 0. The van der Waals surface area contributed by atoms with Gasteiger partial charge in [-0.25, -0.2) is 0 Å². The fraction of sp³-hybridized carbons (Fsp3) is 0.724. The number of quaternary nitrogens is 1. The molecule has 392 valence electrons. The molecule has 0 heterocycles. The number of phosphoric ester groups is 1. The summed E-state index contributed by atoms with van der Waals surface area (Å²) < 4.78 is 34.1. The van der Waals surface area contributed by atoms with E-state index in [1.165, 1.54) is 89.9 Å². The van der Waals surface area contributed by atoms with E-state index in [0.717, 1.165) is 96.3 Å². The third-order valence-electron chi connectivity index (χ3n) is 11.4. The summed E-state index contributed by atoms with van der Waals surface area (Å²) in [6, 6.07) is 0. The maximum atomic E-state index is 12.8. The number of hydrogen-bond donors (Lipinski definition) is 0. The van der Waals surface area contributed by atoms with E-state index < -0.39 is 32.5 Å². The molecule has 2 atom stereocenters. The molecule has 0 fully saturated rings. The van der Waals surface area contributed by atoms with Crippen LogP contribution >= 0.6 is 7.82 Å². The van der Waals surface area contributed by atoms with Crippen molar-refractivity contribution in [1.82, 2.24) is 0 Å². The van der Waals surface area contributed by atoms with Crippen molar-refractivity contribution in [2.75, 3.05) is 47.5 Å². The zero-order chi connectivity index (χ0) is 49.9. The molecule has 0 rings (SSSR count). The Hall–Kier alpha value is -2.81. The van der Waals surface area contributed by atoms with Crippen LogP contribution in [0.25, 0.3) is 0 Å². The number of phosphoric acid groups is 1. The minimum atomic E-state index is -4.64. The number of hydrogen-bond acceptors (Lipinski definition) is 8. The normalized spacial score (nSPS) is 14.0. The zero-order valence-electron chi connectivity index (χ0n) is 44.3. The highest BCUT2D eigenvalue weighted by Crippen LogP contribution is 2.38. The van der Waals surface area contributed by atoms with Gasteiger partial charge in [0.25, 0.3) is 7.82 Å². The molecule has 68 heavy (non-hydrogen) atoms. The van der Waals surface area contributed by atoms with Gasteiger partial charge < -0.3 is 27.9 Å². The van der Waals surface area contributed by atoms with Crippen LogP contribution in [-0.4, -0.2) is 70.0 Å². The number of carbonyl (C=O) groups is 2. The van der Waals surface area contributed by atoms with Gasteiger partial charge in [0, 0.05) is 12.8 Å². The molecule has 2 unspecified atom stereocenters. The Morgan fingerprint density at radius 3 is 1.25 bits per heavy atom. The lowest BCUT2D eigenvalue weighted by molar-refractivity contribution is -0.870. The summed E-state index contributed by atoms with van der Waals surface area (Å²) in [5, 5.41) is 0. The fourth-order valence-electron chi connectivity index (χ4n) is 7.18. The molecule has 0 aromatic carbocycles. The third kappa shape index (κ3) is 52.6. The molecule has 0 aromatic rings. The second kappa shape index (κ2) is 49.2. The van der Waals surface area contributed by atoms with E-state index in [1.807, 2.05) is 21.1 Å². The number of ether oxygens (including phenoxy) is 2. The van der Waals surface area contributed by atoms with Crippen molar-refractivity contribution in [3.63, 3.8) is 0 Å². The SMILES string of the molecule is CC/C=C\C/C=C\C/C=C\C/C=C\CCCCCCCCCCC(=O)OC(COC(=O)CCCCCCCCCC/C=C\C/C=C\C/C=C\CCCCCCC)COP(=O)([O-])OCC[N+](C)(C)C. The van der Waals surface area contributed by atoms with Gasteiger partial charge in [-0.1, -0.05) is 202 Å². The van der Waals surface area contributed by atoms with E-state index >= 15 is 0 Å². The average Bonchev–Trinajstić information content (AvgIpc) is 3.30. The molecule has 0 aliphatic rings. The third-order valence-corrected chi connectivity index (χ3v) is 12.4. The van der Waals surface area contributed by atoms with Gasteiger partial charge in [0.05, 0.1) is 27.7 Å². The lowest BCUT2D eigenvalue weighted by Crippen LogP contribution is -2.37. The minimum Gasteiger partial charge on any atom is -0.756 e. The van der Waals surface area contributed by atoms with Crippen LogP contribution in [0.4, 0.5) is 0 Å². The highest BCUT2D eigenvalue weighted by atomic mass is 31.2. The highest BCUT2D eigenvalue weighted by Gasteiger charge is 2.21.